The predicted octanol–water partition coefficient (Wildman–Crippen LogP) is 4.88. The van der Waals surface area contributed by atoms with Crippen LogP contribution in [0.25, 0.3) is 10.9 Å². The smallest absolute Gasteiger partial charge is 0.0737 e. The number of pyridine rings is 1. The normalized spacial score (nSPS) is 12.6. The Morgan fingerprint density at radius 2 is 2.11 bits per heavy atom. The first-order chi connectivity index (χ1) is 8.74. The lowest BCUT2D eigenvalue weighted by atomic mass is 10.1. The van der Waals surface area contributed by atoms with E-state index in [1.165, 1.54) is 12.8 Å². The second kappa shape index (κ2) is 6.05. The minimum absolute atomic E-state index is 0.524. The van der Waals surface area contributed by atoms with Crippen molar-refractivity contribution in [1.29, 1.82) is 0 Å². The molecule has 0 radical (unpaired) electrons. The molecule has 0 aliphatic carbocycles. The highest BCUT2D eigenvalue weighted by molar-refractivity contribution is 6.31. The van der Waals surface area contributed by atoms with Crippen LogP contribution in [0, 0.1) is 0 Å². The van der Waals surface area contributed by atoms with Gasteiger partial charge < -0.3 is 5.32 Å². The zero-order valence-corrected chi connectivity index (χ0v) is 11.7. The summed E-state index contributed by atoms with van der Waals surface area (Å²) in [6, 6.07) is 8.41. The van der Waals surface area contributed by atoms with Crippen LogP contribution in [0.1, 0.15) is 33.1 Å². The van der Waals surface area contributed by atoms with E-state index < -0.39 is 0 Å². The molecule has 1 unspecified atom stereocenters. The largest absolute Gasteiger partial charge is 0.382 e. The Hall–Kier alpha value is -1.28. The lowest BCUT2D eigenvalue weighted by Gasteiger charge is -2.18. The molecule has 1 heterocycles. The number of nitrogens with zero attached hydrogens (tertiary/aromatic N) is 1. The van der Waals surface area contributed by atoms with Gasteiger partial charge >= 0.3 is 0 Å². The third-order valence-electron chi connectivity index (χ3n) is 3.19. The average Bonchev–Trinajstić information content (AvgIpc) is 2.38. The van der Waals surface area contributed by atoms with Crippen LogP contribution < -0.4 is 5.32 Å². The van der Waals surface area contributed by atoms with E-state index >= 15 is 0 Å². The number of hydrogen-bond acceptors (Lipinski definition) is 2. The maximum Gasteiger partial charge on any atom is 0.0737 e. The quantitative estimate of drug-likeness (QED) is 0.831. The Labute approximate surface area is 113 Å². The molecule has 0 saturated carbocycles. The molecule has 18 heavy (non-hydrogen) atoms. The van der Waals surface area contributed by atoms with E-state index in [1.807, 2.05) is 30.5 Å². The van der Waals surface area contributed by atoms with Crippen LogP contribution in [0.3, 0.4) is 0 Å². The molecule has 0 bridgehead atoms. The van der Waals surface area contributed by atoms with Gasteiger partial charge in [-0.05, 0) is 37.1 Å². The summed E-state index contributed by atoms with van der Waals surface area (Å²) in [6.07, 6.45) is 5.35. The second-order valence-corrected chi connectivity index (χ2v) is 4.99. The molecule has 0 saturated heterocycles. The van der Waals surface area contributed by atoms with Gasteiger partial charge in [-0.25, -0.2) is 0 Å². The van der Waals surface area contributed by atoms with Crippen LogP contribution in [0.15, 0.2) is 30.5 Å². The van der Waals surface area contributed by atoms with Gasteiger partial charge in [0.15, 0.2) is 0 Å². The molecule has 0 aliphatic heterocycles. The van der Waals surface area contributed by atoms with Crippen LogP contribution in [-0.2, 0) is 0 Å². The fourth-order valence-electron chi connectivity index (χ4n) is 2.19. The van der Waals surface area contributed by atoms with Crippen molar-refractivity contribution in [2.45, 2.75) is 39.2 Å². The summed E-state index contributed by atoms with van der Waals surface area (Å²) in [5, 5.41) is 5.47. The highest BCUT2D eigenvalue weighted by atomic mass is 35.5. The summed E-state index contributed by atoms with van der Waals surface area (Å²) in [7, 11) is 0. The number of aromatic nitrogens is 1. The van der Waals surface area contributed by atoms with E-state index in [1.54, 1.807) is 0 Å². The minimum Gasteiger partial charge on any atom is -0.382 e. The van der Waals surface area contributed by atoms with Gasteiger partial charge in [-0.3, -0.25) is 4.98 Å². The highest BCUT2D eigenvalue weighted by Gasteiger charge is 2.08. The topological polar surface area (TPSA) is 24.9 Å². The number of benzene rings is 1. The minimum atomic E-state index is 0.524. The molecule has 0 aliphatic rings. The third kappa shape index (κ3) is 2.94. The Morgan fingerprint density at radius 1 is 1.28 bits per heavy atom. The maximum absolute atomic E-state index is 5.99. The van der Waals surface area contributed by atoms with Gasteiger partial charge in [-0.1, -0.05) is 31.9 Å². The zero-order valence-electron chi connectivity index (χ0n) is 10.9. The van der Waals surface area contributed by atoms with Gasteiger partial charge in [0.25, 0.3) is 0 Å². The number of anilines is 1. The van der Waals surface area contributed by atoms with Crippen LogP contribution in [-0.4, -0.2) is 11.0 Å². The van der Waals surface area contributed by atoms with E-state index in [-0.39, 0.29) is 0 Å². The summed E-state index contributed by atoms with van der Waals surface area (Å²) in [5.41, 5.74) is 2.09. The second-order valence-electron chi connectivity index (χ2n) is 4.56. The molecule has 3 heteroatoms. The molecule has 0 amide bonds. The molecule has 1 N–H and O–H groups in total. The number of halogens is 1. The molecule has 0 spiro atoms. The summed E-state index contributed by atoms with van der Waals surface area (Å²) in [4.78, 5) is 4.36. The van der Waals surface area contributed by atoms with Crippen molar-refractivity contribution < 1.29 is 0 Å². The third-order valence-corrected chi connectivity index (χ3v) is 3.43. The van der Waals surface area contributed by atoms with Crippen molar-refractivity contribution in [3.05, 3.63) is 35.5 Å². The van der Waals surface area contributed by atoms with Gasteiger partial charge in [0.2, 0.25) is 0 Å². The van der Waals surface area contributed by atoms with Crippen molar-refractivity contribution in [2.24, 2.45) is 0 Å². The molecule has 96 valence electrons. The Kier molecular flexibility index (Phi) is 4.43. The molecule has 2 aromatic rings. The van der Waals surface area contributed by atoms with E-state index in [9.17, 15) is 0 Å². The molecule has 2 rings (SSSR count). The fraction of sp³-hybridized carbons (Fsp3) is 0.400. The molecular weight excluding hydrogens is 244 g/mol. The zero-order chi connectivity index (χ0) is 13.0. The first-order valence-corrected chi connectivity index (χ1v) is 6.93. The molecule has 2 nitrogen and oxygen atoms in total. The fourth-order valence-corrected chi connectivity index (χ4v) is 2.36. The van der Waals surface area contributed by atoms with Crippen LogP contribution in [0.5, 0.6) is 0 Å². The SMILES string of the molecule is CCCC(CC)Nc1ccnc2cc(Cl)ccc12. The van der Waals surface area contributed by atoms with Crippen LogP contribution in [0.4, 0.5) is 5.69 Å². The number of hydrogen-bond donors (Lipinski definition) is 1. The van der Waals surface area contributed by atoms with Crippen molar-refractivity contribution in [3.63, 3.8) is 0 Å². The lowest BCUT2D eigenvalue weighted by Crippen LogP contribution is -2.18. The lowest BCUT2D eigenvalue weighted by molar-refractivity contribution is 0.623. The van der Waals surface area contributed by atoms with Gasteiger partial charge in [-0.2, -0.15) is 0 Å². The summed E-state index contributed by atoms with van der Waals surface area (Å²) in [5.74, 6) is 0. The predicted molar refractivity (Wildman–Crippen MR) is 79.4 cm³/mol. The molecular formula is C15H19ClN2. The number of nitrogens with one attached hydrogen (secondary N) is 1. The van der Waals surface area contributed by atoms with Crippen molar-refractivity contribution in [2.75, 3.05) is 5.32 Å². The Morgan fingerprint density at radius 3 is 2.83 bits per heavy atom. The molecule has 1 atom stereocenters. The maximum atomic E-state index is 5.99. The monoisotopic (exact) mass is 262 g/mol. The average molecular weight is 263 g/mol. The van der Waals surface area contributed by atoms with Gasteiger partial charge in [0.05, 0.1) is 5.52 Å². The summed E-state index contributed by atoms with van der Waals surface area (Å²) in [6.45, 7) is 4.43. The van der Waals surface area contributed by atoms with Gasteiger partial charge in [-0.15, -0.1) is 0 Å². The van der Waals surface area contributed by atoms with Gasteiger partial charge in [0.1, 0.15) is 0 Å². The first-order valence-electron chi connectivity index (χ1n) is 6.55. The number of rotatable bonds is 5. The van der Waals surface area contributed by atoms with Crippen molar-refractivity contribution in [3.8, 4) is 0 Å². The van der Waals surface area contributed by atoms with E-state index in [0.717, 1.165) is 28.0 Å². The Bertz CT molecular complexity index is 525. The Balaban J connectivity index is 2.32. The van der Waals surface area contributed by atoms with E-state index in [0.29, 0.717) is 6.04 Å². The summed E-state index contributed by atoms with van der Waals surface area (Å²) >= 11 is 5.99. The van der Waals surface area contributed by atoms with Gasteiger partial charge in [0, 0.05) is 28.3 Å². The molecule has 1 aromatic carbocycles. The van der Waals surface area contributed by atoms with Crippen molar-refractivity contribution >= 4 is 28.2 Å². The van der Waals surface area contributed by atoms with Crippen LogP contribution in [0.2, 0.25) is 5.02 Å². The van der Waals surface area contributed by atoms with Crippen molar-refractivity contribution in [1.82, 2.24) is 4.98 Å². The standard InChI is InChI=1S/C15H19ClN2/c1-3-5-12(4-2)18-14-8-9-17-15-10-11(16)6-7-13(14)15/h6-10,12H,3-5H2,1-2H3,(H,17,18). The summed E-state index contributed by atoms with van der Waals surface area (Å²) < 4.78 is 0. The van der Waals surface area contributed by atoms with E-state index in [2.05, 4.69) is 24.1 Å². The molecule has 1 aromatic heterocycles. The van der Waals surface area contributed by atoms with E-state index in [4.69, 9.17) is 11.6 Å². The van der Waals surface area contributed by atoms with Crippen LogP contribution >= 0.6 is 11.6 Å². The highest BCUT2D eigenvalue weighted by Crippen LogP contribution is 2.25. The number of fused-ring (bicyclic) bond motifs is 1. The first kappa shape index (κ1) is 13.2. The molecule has 0 fully saturated rings.